The molecule has 34 heavy (non-hydrogen) atoms. The number of para-hydroxylation sites is 1. The van der Waals surface area contributed by atoms with Gasteiger partial charge in [-0.05, 0) is 41.9 Å². The van der Waals surface area contributed by atoms with Crippen molar-refractivity contribution < 1.29 is 9.39 Å². The zero-order valence-electron chi connectivity index (χ0n) is 18.5. The molecule has 6 rings (SSSR count). The lowest BCUT2D eigenvalue weighted by atomic mass is 9.86. The number of benzene rings is 4. The highest BCUT2D eigenvalue weighted by molar-refractivity contribution is 8.26. The average Bonchev–Trinajstić information content (AvgIpc) is 3.49. The molecular weight excluding hydrogens is 441 g/mol. The van der Waals surface area contributed by atoms with Gasteiger partial charge in [0.1, 0.15) is 22.9 Å². The molecule has 0 radical (unpaired) electrons. The van der Waals surface area contributed by atoms with Crippen molar-refractivity contribution in [2.45, 2.75) is 4.90 Å². The normalized spacial score (nSPS) is 12.3. The Morgan fingerprint density at radius 2 is 1.53 bits per heavy atom. The molecule has 5 nitrogen and oxygen atoms in total. The van der Waals surface area contributed by atoms with E-state index in [0.717, 1.165) is 50.1 Å². The van der Waals surface area contributed by atoms with Crippen molar-refractivity contribution in [3.8, 4) is 39.8 Å². The molecule has 7 heteroatoms. The summed E-state index contributed by atoms with van der Waals surface area (Å²) in [7, 11) is 1.91. The lowest BCUT2D eigenvalue weighted by Gasteiger charge is -2.11. The Morgan fingerprint density at radius 3 is 2.38 bits per heavy atom. The van der Waals surface area contributed by atoms with E-state index >= 15 is 0 Å². The Labute approximate surface area is 202 Å². The van der Waals surface area contributed by atoms with E-state index < -0.39 is 0 Å². The van der Waals surface area contributed by atoms with Gasteiger partial charge in [0.2, 0.25) is 0 Å². The number of hydrogen-bond acceptors (Lipinski definition) is 5. The third-order valence-corrected chi connectivity index (χ3v) is 6.84. The van der Waals surface area contributed by atoms with Gasteiger partial charge in [-0.2, -0.15) is 0 Å². The Hall–Kier alpha value is -3.97. The molecule has 5 aromatic rings. The highest BCUT2D eigenvalue weighted by atomic mass is 32.2. The van der Waals surface area contributed by atoms with Gasteiger partial charge in [0.25, 0.3) is 0 Å². The summed E-state index contributed by atoms with van der Waals surface area (Å²) in [6, 6.07) is 34.3. The Bertz CT molecular complexity index is 1450. The second-order valence-electron chi connectivity index (χ2n) is 7.99. The van der Waals surface area contributed by atoms with Crippen LogP contribution in [0.2, 0.25) is 0 Å². The molecule has 0 aliphatic carbocycles. The summed E-state index contributed by atoms with van der Waals surface area (Å²) in [5, 5.41) is 8.70. The number of hydrogen-bond donors (Lipinski definition) is 0. The molecule has 164 valence electrons. The molecule has 0 saturated carbocycles. The first kappa shape index (κ1) is 20.6. The summed E-state index contributed by atoms with van der Waals surface area (Å²) in [5.74, 6) is 2.43. The van der Waals surface area contributed by atoms with Gasteiger partial charge in [0, 0.05) is 23.1 Å². The highest BCUT2D eigenvalue weighted by Gasteiger charge is 2.31. The molecule has 0 N–H and O–H groups in total. The topological polar surface area (TPSA) is 49.2 Å². The Morgan fingerprint density at radius 1 is 0.794 bits per heavy atom. The molecule has 4 aromatic carbocycles. The molecular formula is C27H20BN3O2S. The van der Waals surface area contributed by atoms with E-state index in [0.29, 0.717) is 0 Å². The summed E-state index contributed by atoms with van der Waals surface area (Å²) >= 11 is 1.71. The van der Waals surface area contributed by atoms with E-state index in [4.69, 9.17) is 9.39 Å². The fourth-order valence-electron chi connectivity index (χ4n) is 4.07. The van der Waals surface area contributed by atoms with Gasteiger partial charge >= 0.3 is 6.19 Å². The Kier molecular flexibility index (Phi) is 5.32. The van der Waals surface area contributed by atoms with Crippen molar-refractivity contribution in [3.63, 3.8) is 0 Å². The molecule has 0 unspecified atom stereocenters. The predicted octanol–water partition coefficient (Wildman–Crippen LogP) is 5.82. The van der Waals surface area contributed by atoms with Gasteiger partial charge < -0.3 is 9.39 Å². The minimum atomic E-state index is -0.0830. The quantitative estimate of drug-likeness (QED) is 0.309. The number of ether oxygens (including phenoxy) is 1. The number of fused-ring (bicyclic) bond motifs is 1. The van der Waals surface area contributed by atoms with Gasteiger partial charge in [-0.25, -0.2) is 4.68 Å². The first-order valence-corrected chi connectivity index (χ1v) is 11.9. The van der Waals surface area contributed by atoms with Gasteiger partial charge in [-0.1, -0.05) is 71.9 Å². The predicted molar refractivity (Wildman–Crippen MR) is 137 cm³/mol. The fraction of sp³-hybridized carbons (Fsp3) is 0.0370. The molecule has 0 bridgehead atoms. The van der Waals surface area contributed by atoms with Crippen LogP contribution in [-0.4, -0.2) is 21.2 Å². The largest absolute Gasteiger partial charge is 0.546 e. The first-order valence-electron chi connectivity index (χ1n) is 11.0. The summed E-state index contributed by atoms with van der Waals surface area (Å²) in [5.41, 5.74) is 4.87. The van der Waals surface area contributed by atoms with Crippen molar-refractivity contribution >= 4 is 23.3 Å². The molecule has 1 aliphatic heterocycles. The number of aryl methyl sites for hydroxylation is 1. The smallest absolute Gasteiger partial charge is 0.467 e. The van der Waals surface area contributed by atoms with Crippen molar-refractivity contribution in [3.05, 3.63) is 103 Å². The van der Waals surface area contributed by atoms with Crippen LogP contribution >= 0.6 is 11.6 Å². The first-order chi connectivity index (χ1) is 16.7. The van der Waals surface area contributed by atoms with Gasteiger partial charge in [0.05, 0.1) is 5.69 Å². The van der Waals surface area contributed by atoms with Crippen molar-refractivity contribution in [2.75, 3.05) is 0 Å². The van der Waals surface area contributed by atoms with Crippen molar-refractivity contribution in [1.82, 2.24) is 15.0 Å². The second-order valence-corrected chi connectivity index (χ2v) is 9.10. The standard InChI is InChI=1S/C27H20BN3O2S/c1-31-27(19-9-3-2-4-10-19)26(29-30-31)20-11-7-13-22(17-20)32-23-14-8-12-21(18-23)28-33-24-15-5-6-16-25(24)34-28/h2-18H,1H3. The number of rotatable bonds is 5. The molecule has 0 spiro atoms. The van der Waals surface area contributed by atoms with E-state index in [1.54, 1.807) is 16.3 Å². The lowest BCUT2D eigenvalue weighted by molar-refractivity contribution is 0.483. The highest BCUT2D eigenvalue weighted by Crippen LogP contribution is 2.38. The molecule has 1 aromatic heterocycles. The zero-order valence-corrected chi connectivity index (χ0v) is 19.3. The third kappa shape index (κ3) is 3.95. The van der Waals surface area contributed by atoms with Crippen LogP contribution in [0, 0.1) is 0 Å². The van der Waals surface area contributed by atoms with Crippen molar-refractivity contribution in [1.29, 1.82) is 0 Å². The molecule has 0 amide bonds. The zero-order chi connectivity index (χ0) is 22.9. The maximum absolute atomic E-state index is 6.25. The van der Waals surface area contributed by atoms with Crippen LogP contribution in [0.5, 0.6) is 17.2 Å². The van der Waals surface area contributed by atoms with E-state index in [-0.39, 0.29) is 6.19 Å². The van der Waals surface area contributed by atoms with Crippen LogP contribution in [0.1, 0.15) is 0 Å². The number of nitrogens with zero attached hydrogens (tertiary/aromatic N) is 3. The summed E-state index contributed by atoms with van der Waals surface area (Å²) in [4.78, 5) is 1.16. The molecule has 0 fully saturated rings. The van der Waals surface area contributed by atoms with Crippen LogP contribution < -0.4 is 14.9 Å². The van der Waals surface area contributed by atoms with Gasteiger partial charge in [-0.15, -0.1) is 16.7 Å². The lowest BCUT2D eigenvalue weighted by Crippen LogP contribution is -2.30. The van der Waals surface area contributed by atoms with Crippen LogP contribution in [0.15, 0.2) is 108 Å². The van der Waals surface area contributed by atoms with Crippen LogP contribution in [0.3, 0.4) is 0 Å². The summed E-state index contributed by atoms with van der Waals surface area (Å²) in [6.07, 6.45) is -0.0830. The molecule has 2 heterocycles. The molecule has 0 atom stereocenters. The molecule has 1 aliphatic rings. The maximum atomic E-state index is 6.25. The van der Waals surface area contributed by atoms with E-state index in [9.17, 15) is 0 Å². The van der Waals surface area contributed by atoms with Crippen LogP contribution in [0.25, 0.3) is 22.5 Å². The summed E-state index contributed by atoms with van der Waals surface area (Å²) in [6.45, 7) is 0. The van der Waals surface area contributed by atoms with E-state index in [2.05, 4.69) is 34.6 Å². The third-order valence-electron chi connectivity index (χ3n) is 5.66. The molecule has 0 saturated heterocycles. The van der Waals surface area contributed by atoms with Crippen molar-refractivity contribution in [2.24, 2.45) is 7.05 Å². The average molecular weight is 461 g/mol. The summed E-state index contributed by atoms with van der Waals surface area (Å²) < 4.78 is 14.2. The van der Waals surface area contributed by atoms with Crippen LogP contribution in [-0.2, 0) is 7.05 Å². The van der Waals surface area contributed by atoms with Gasteiger partial charge in [0.15, 0.2) is 0 Å². The maximum Gasteiger partial charge on any atom is 0.467 e. The van der Waals surface area contributed by atoms with E-state index in [1.165, 1.54) is 0 Å². The van der Waals surface area contributed by atoms with Gasteiger partial charge in [-0.3, -0.25) is 0 Å². The Balaban J connectivity index is 1.26. The monoisotopic (exact) mass is 461 g/mol. The fourth-order valence-corrected chi connectivity index (χ4v) is 5.13. The number of aromatic nitrogens is 3. The second kappa shape index (κ2) is 8.76. The minimum Gasteiger partial charge on any atom is -0.546 e. The SMILES string of the molecule is Cn1nnc(-c2cccc(Oc3cccc(B4Oc5ccccc5S4)c3)c2)c1-c1ccccc1. The van der Waals surface area contributed by atoms with E-state index in [1.807, 2.05) is 85.9 Å². The van der Waals surface area contributed by atoms with Crippen LogP contribution in [0.4, 0.5) is 0 Å². The minimum absolute atomic E-state index is 0.0830.